The average molecular weight is 508 g/mol. The van der Waals surface area contributed by atoms with E-state index in [4.69, 9.17) is 19.6 Å². The van der Waals surface area contributed by atoms with E-state index in [-0.39, 0.29) is 46.6 Å². The molecular formula is C24H25N7O6. The first-order valence-corrected chi connectivity index (χ1v) is 11.7. The van der Waals surface area contributed by atoms with Gasteiger partial charge in [0.05, 0.1) is 43.5 Å². The van der Waals surface area contributed by atoms with Crippen molar-refractivity contribution >= 4 is 34.9 Å². The maximum atomic E-state index is 12.8. The number of morpholine rings is 1. The van der Waals surface area contributed by atoms with Gasteiger partial charge in [0, 0.05) is 25.1 Å². The molecule has 3 aromatic rings. The topological polar surface area (TPSA) is 175 Å². The summed E-state index contributed by atoms with van der Waals surface area (Å²) in [6.45, 7) is 1.89. The largest absolute Gasteiger partial charge is 0.494 e. The van der Waals surface area contributed by atoms with Crippen LogP contribution in [-0.4, -0.2) is 71.2 Å². The van der Waals surface area contributed by atoms with E-state index >= 15 is 0 Å². The molecule has 0 radical (unpaired) electrons. The third-order valence-corrected chi connectivity index (χ3v) is 5.96. The van der Waals surface area contributed by atoms with Crippen LogP contribution in [0.1, 0.15) is 33.9 Å². The SMILES string of the molecule is COc1c(Nc2cc(NC(=O)C3CC3)nnc2C(N)=O)cccc1-c1ncc(C(=O)N2CCOCC2)o1. The minimum atomic E-state index is -0.802. The van der Waals surface area contributed by atoms with Crippen LogP contribution in [0.15, 0.2) is 34.9 Å². The zero-order valence-electron chi connectivity index (χ0n) is 20.0. The summed E-state index contributed by atoms with van der Waals surface area (Å²) in [5.74, 6) is -0.469. The van der Waals surface area contributed by atoms with Gasteiger partial charge in [-0.1, -0.05) is 6.07 Å². The highest BCUT2D eigenvalue weighted by atomic mass is 16.5. The number of aromatic nitrogens is 3. The van der Waals surface area contributed by atoms with Crippen molar-refractivity contribution in [3.8, 4) is 17.2 Å². The molecule has 1 aliphatic heterocycles. The van der Waals surface area contributed by atoms with Gasteiger partial charge in [0.2, 0.25) is 17.6 Å². The van der Waals surface area contributed by atoms with Crippen molar-refractivity contribution in [2.24, 2.45) is 11.7 Å². The molecule has 13 nitrogen and oxygen atoms in total. The lowest BCUT2D eigenvalue weighted by molar-refractivity contribution is -0.117. The van der Waals surface area contributed by atoms with E-state index in [9.17, 15) is 14.4 Å². The Labute approximate surface area is 211 Å². The fourth-order valence-corrected chi connectivity index (χ4v) is 3.89. The number of anilines is 3. The first-order chi connectivity index (χ1) is 17.9. The number of carbonyl (C=O) groups is 3. The smallest absolute Gasteiger partial charge is 0.291 e. The van der Waals surface area contributed by atoms with Gasteiger partial charge in [0.15, 0.2) is 17.3 Å². The molecular weight excluding hydrogens is 482 g/mol. The van der Waals surface area contributed by atoms with Crippen LogP contribution in [0.4, 0.5) is 17.2 Å². The van der Waals surface area contributed by atoms with Gasteiger partial charge in [-0.25, -0.2) is 4.98 Å². The van der Waals surface area contributed by atoms with E-state index in [1.807, 2.05) is 0 Å². The molecule has 13 heteroatoms. The molecule has 2 aromatic heterocycles. The predicted molar refractivity (Wildman–Crippen MR) is 130 cm³/mol. The van der Waals surface area contributed by atoms with Gasteiger partial charge in [0.1, 0.15) is 0 Å². The van der Waals surface area contributed by atoms with Gasteiger partial charge in [-0.3, -0.25) is 14.4 Å². The highest BCUT2D eigenvalue weighted by molar-refractivity contribution is 5.99. The van der Waals surface area contributed by atoms with Gasteiger partial charge >= 0.3 is 0 Å². The lowest BCUT2D eigenvalue weighted by atomic mass is 10.1. The summed E-state index contributed by atoms with van der Waals surface area (Å²) >= 11 is 0. The number of nitrogens with two attached hydrogens (primary N) is 1. The quantitative estimate of drug-likeness (QED) is 0.408. The molecule has 1 saturated heterocycles. The van der Waals surface area contributed by atoms with Crippen molar-refractivity contribution < 1.29 is 28.3 Å². The number of amides is 3. The number of benzene rings is 1. The summed E-state index contributed by atoms with van der Waals surface area (Å²) in [5.41, 5.74) is 6.51. The Balaban J connectivity index is 1.43. The van der Waals surface area contributed by atoms with Crippen LogP contribution in [0, 0.1) is 5.92 Å². The van der Waals surface area contributed by atoms with Crippen molar-refractivity contribution in [3.63, 3.8) is 0 Å². The van der Waals surface area contributed by atoms with Crippen LogP contribution in [0.25, 0.3) is 11.5 Å². The number of rotatable bonds is 8. The predicted octanol–water partition coefficient (Wildman–Crippen LogP) is 1.80. The Hall–Kier alpha value is -4.52. The Kier molecular flexibility index (Phi) is 6.68. The van der Waals surface area contributed by atoms with Gasteiger partial charge < -0.3 is 35.2 Å². The molecule has 0 bridgehead atoms. The lowest BCUT2D eigenvalue weighted by Gasteiger charge is -2.25. The number of carbonyl (C=O) groups excluding carboxylic acids is 3. The van der Waals surface area contributed by atoms with Crippen molar-refractivity contribution in [2.45, 2.75) is 12.8 Å². The summed E-state index contributed by atoms with van der Waals surface area (Å²) in [7, 11) is 1.47. The van der Waals surface area contributed by atoms with E-state index in [1.165, 1.54) is 19.4 Å². The Morgan fingerprint density at radius 2 is 1.92 bits per heavy atom. The molecule has 0 spiro atoms. The Morgan fingerprint density at radius 1 is 1.14 bits per heavy atom. The second-order valence-electron chi connectivity index (χ2n) is 8.57. The third-order valence-electron chi connectivity index (χ3n) is 5.96. The minimum absolute atomic E-state index is 0.0355. The molecule has 1 aliphatic carbocycles. The zero-order valence-corrected chi connectivity index (χ0v) is 20.0. The maximum absolute atomic E-state index is 12.8. The van der Waals surface area contributed by atoms with Crippen LogP contribution in [0.3, 0.4) is 0 Å². The minimum Gasteiger partial charge on any atom is -0.494 e. The molecule has 3 heterocycles. The molecule has 0 atom stereocenters. The molecule has 2 fully saturated rings. The maximum Gasteiger partial charge on any atom is 0.291 e. The molecule has 1 saturated carbocycles. The highest BCUT2D eigenvalue weighted by Gasteiger charge is 2.30. The van der Waals surface area contributed by atoms with Crippen LogP contribution in [-0.2, 0) is 9.53 Å². The fraction of sp³-hybridized carbons (Fsp3) is 0.333. The van der Waals surface area contributed by atoms with Crippen molar-refractivity contribution in [2.75, 3.05) is 44.0 Å². The first kappa shape index (κ1) is 24.2. The van der Waals surface area contributed by atoms with E-state index in [2.05, 4.69) is 25.8 Å². The Bertz CT molecular complexity index is 1350. The first-order valence-electron chi connectivity index (χ1n) is 11.7. The van der Waals surface area contributed by atoms with Crippen molar-refractivity contribution in [3.05, 3.63) is 41.9 Å². The molecule has 0 unspecified atom stereocenters. The Morgan fingerprint density at radius 3 is 2.62 bits per heavy atom. The summed E-state index contributed by atoms with van der Waals surface area (Å²) in [6, 6.07) is 6.63. The van der Waals surface area contributed by atoms with Crippen LogP contribution >= 0.6 is 0 Å². The van der Waals surface area contributed by atoms with Gasteiger partial charge in [-0.05, 0) is 25.0 Å². The fourth-order valence-electron chi connectivity index (χ4n) is 3.89. The van der Waals surface area contributed by atoms with E-state index in [1.54, 1.807) is 23.1 Å². The van der Waals surface area contributed by atoms with Crippen molar-refractivity contribution in [1.29, 1.82) is 0 Å². The van der Waals surface area contributed by atoms with Crippen LogP contribution in [0.2, 0.25) is 0 Å². The molecule has 37 heavy (non-hydrogen) atoms. The number of primary amides is 1. The molecule has 5 rings (SSSR count). The average Bonchev–Trinajstić information content (AvgIpc) is 3.65. The number of para-hydroxylation sites is 1. The summed E-state index contributed by atoms with van der Waals surface area (Å²) in [4.78, 5) is 42.8. The second-order valence-corrected chi connectivity index (χ2v) is 8.57. The number of hydrogen-bond acceptors (Lipinski definition) is 10. The number of methoxy groups -OCH3 is 1. The number of nitrogens with zero attached hydrogens (tertiary/aromatic N) is 4. The van der Waals surface area contributed by atoms with Gasteiger partial charge in [0.25, 0.3) is 11.8 Å². The zero-order chi connectivity index (χ0) is 25.9. The molecule has 192 valence electrons. The van der Waals surface area contributed by atoms with E-state index in [0.717, 1.165) is 12.8 Å². The van der Waals surface area contributed by atoms with Gasteiger partial charge in [-0.2, -0.15) is 0 Å². The molecule has 3 amide bonds. The number of nitrogens with one attached hydrogen (secondary N) is 2. The third kappa shape index (κ3) is 5.21. The van der Waals surface area contributed by atoms with E-state index in [0.29, 0.717) is 43.3 Å². The molecule has 4 N–H and O–H groups in total. The van der Waals surface area contributed by atoms with Gasteiger partial charge in [-0.15, -0.1) is 10.2 Å². The van der Waals surface area contributed by atoms with Crippen molar-refractivity contribution in [1.82, 2.24) is 20.1 Å². The second kappa shape index (κ2) is 10.2. The summed E-state index contributed by atoms with van der Waals surface area (Å²) in [6.07, 6.45) is 3.03. The molecule has 2 aliphatic rings. The van der Waals surface area contributed by atoms with E-state index < -0.39 is 5.91 Å². The highest BCUT2D eigenvalue weighted by Crippen LogP contribution is 2.38. The number of ether oxygens (including phenoxy) is 2. The number of oxazole rings is 1. The lowest BCUT2D eigenvalue weighted by Crippen LogP contribution is -2.40. The normalized spacial score (nSPS) is 15.2. The molecule has 1 aromatic carbocycles. The standard InChI is InChI=1S/C24H25N7O6/c1-35-20-14(23-26-12-17(37-23)24(34)31-7-9-36-10-8-31)3-2-4-15(20)27-16-11-18(28-22(33)13-5-6-13)29-30-19(16)21(25)32/h2-4,11-13H,5-10H2,1H3,(H2,25,32)(H2,27,28,29,33). The summed E-state index contributed by atoms with van der Waals surface area (Å²) in [5, 5.41) is 13.6. The van der Waals surface area contributed by atoms with Crippen LogP contribution in [0.5, 0.6) is 5.75 Å². The summed E-state index contributed by atoms with van der Waals surface area (Å²) < 4.78 is 16.7. The monoisotopic (exact) mass is 507 g/mol. The number of hydrogen-bond donors (Lipinski definition) is 3. The van der Waals surface area contributed by atoms with Crippen LogP contribution < -0.4 is 21.1 Å².